The van der Waals surface area contributed by atoms with Crippen LogP contribution in [0.2, 0.25) is 10.0 Å². The van der Waals surface area contributed by atoms with Gasteiger partial charge in [0.2, 0.25) is 5.91 Å². The summed E-state index contributed by atoms with van der Waals surface area (Å²) in [6.07, 6.45) is 0. The van der Waals surface area contributed by atoms with Crippen molar-refractivity contribution in [3.05, 3.63) is 52.0 Å². The van der Waals surface area contributed by atoms with Gasteiger partial charge in [-0.2, -0.15) is 0 Å². The molecule has 0 unspecified atom stereocenters. The average molecular weight is 398 g/mol. The summed E-state index contributed by atoms with van der Waals surface area (Å²) in [5.41, 5.74) is 0.837. The zero-order valence-electron chi connectivity index (χ0n) is 13.6. The first-order chi connectivity index (χ1) is 12.0. The van der Waals surface area contributed by atoms with Crippen LogP contribution in [0.15, 0.2) is 41.3 Å². The summed E-state index contributed by atoms with van der Waals surface area (Å²) in [5, 5.41) is 4.06. The number of ether oxygens (including phenoxy) is 2. The van der Waals surface area contributed by atoms with Crippen LogP contribution in [-0.2, 0) is 4.79 Å². The van der Waals surface area contributed by atoms with Crippen LogP contribution in [0.1, 0.15) is 18.5 Å². The number of thioether (sulfide) groups is 1. The van der Waals surface area contributed by atoms with Crippen LogP contribution in [0.3, 0.4) is 0 Å². The maximum absolute atomic E-state index is 12.2. The van der Waals surface area contributed by atoms with E-state index in [9.17, 15) is 4.79 Å². The molecule has 1 amide bonds. The van der Waals surface area contributed by atoms with Gasteiger partial charge in [-0.1, -0.05) is 29.3 Å². The van der Waals surface area contributed by atoms with E-state index in [1.54, 1.807) is 12.1 Å². The fourth-order valence-corrected chi connectivity index (χ4v) is 3.78. The second-order valence-electron chi connectivity index (χ2n) is 5.55. The zero-order chi connectivity index (χ0) is 17.8. The predicted octanol–water partition coefficient (Wildman–Crippen LogP) is 4.73. The maximum Gasteiger partial charge on any atom is 0.230 e. The van der Waals surface area contributed by atoms with Crippen molar-refractivity contribution < 1.29 is 14.3 Å². The highest BCUT2D eigenvalue weighted by Crippen LogP contribution is 2.34. The Morgan fingerprint density at radius 2 is 1.92 bits per heavy atom. The first-order valence-electron chi connectivity index (χ1n) is 7.79. The molecular formula is C18H17Cl2NO3S. The van der Waals surface area contributed by atoms with Crippen molar-refractivity contribution in [2.75, 3.05) is 19.0 Å². The Kier molecular flexibility index (Phi) is 5.99. The summed E-state index contributed by atoms with van der Waals surface area (Å²) < 4.78 is 11.0. The highest BCUT2D eigenvalue weighted by atomic mass is 35.5. The molecule has 7 heteroatoms. The first kappa shape index (κ1) is 18.2. The van der Waals surface area contributed by atoms with Gasteiger partial charge in [0.1, 0.15) is 13.2 Å². The number of fused-ring (bicyclic) bond motifs is 1. The number of carbonyl (C=O) groups is 1. The summed E-state index contributed by atoms with van der Waals surface area (Å²) >= 11 is 13.5. The Morgan fingerprint density at radius 1 is 1.16 bits per heavy atom. The minimum absolute atomic E-state index is 0.0709. The Balaban J connectivity index is 1.55. The summed E-state index contributed by atoms with van der Waals surface area (Å²) in [5.74, 6) is 1.69. The number of amides is 1. The maximum atomic E-state index is 12.2. The van der Waals surface area contributed by atoms with Crippen molar-refractivity contribution in [3.63, 3.8) is 0 Å². The Labute approximate surface area is 160 Å². The third-order valence-electron chi connectivity index (χ3n) is 3.69. The van der Waals surface area contributed by atoms with Gasteiger partial charge in [0.25, 0.3) is 0 Å². The third-order valence-corrected chi connectivity index (χ3v) is 5.25. The number of nitrogens with one attached hydrogen (secondary N) is 1. The van der Waals surface area contributed by atoms with Crippen LogP contribution >= 0.6 is 35.0 Å². The molecule has 0 bridgehead atoms. The molecule has 0 saturated heterocycles. The van der Waals surface area contributed by atoms with Crippen molar-refractivity contribution in [2.45, 2.75) is 17.9 Å². The number of rotatable bonds is 5. The number of benzene rings is 2. The van der Waals surface area contributed by atoms with E-state index in [-0.39, 0.29) is 11.9 Å². The number of halogens is 2. The molecule has 0 aromatic heterocycles. The van der Waals surface area contributed by atoms with Gasteiger partial charge in [0.15, 0.2) is 11.5 Å². The minimum atomic E-state index is -0.196. The molecule has 4 nitrogen and oxygen atoms in total. The Morgan fingerprint density at radius 3 is 2.68 bits per heavy atom. The van der Waals surface area contributed by atoms with Crippen LogP contribution < -0.4 is 14.8 Å². The molecule has 1 heterocycles. The third kappa shape index (κ3) is 4.75. The quantitative estimate of drug-likeness (QED) is 0.740. The van der Waals surface area contributed by atoms with E-state index in [4.69, 9.17) is 32.7 Å². The molecule has 25 heavy (non-hydrogen) atoms. The normalized spacial score (nSPS) is 14.0. The van der Waals surface area contributed by atoms with E-state index in [1.807, 2.05) is 31.2 Å². The molecule has 2 aromatic carbocycles. The Hall–Kier alpha value is -1.56. The smallest absolute Gasteiger partial charge is 0.230 e. The Bertz CT molecular complexity index is 785. The summed E-state index contributed by atoms with van der Waals surface area (Å²) in [6.45, 7) is 3.00. The fraction of sp³-hybridized carbons (Fsp3) is 0.278. The highest BCUT2D eigenvalue weighted by molar-refractivity contribution is 8.00. The minimum Gasteiger partial charge on any atom is -0.486 e. The fourth-order valence-electron chi connectivity index (χ4n) is 2.48. The molecule has 1 N–H and O–H groups in total. The lowest BCUT2D eigenvalue weighted by molar-refractivity contribution is -0.119. The standard InChI is InChI=1S/C18H17Cl2NO3S/c1-11(14-4-2-12(19)8-15(14)20)21-18(22)10-25-13-3-5-16-17(9-13)24-7-6-23-16/h2-5,8-9,11H,6-7,10H2,1H3,(H,21,22)/t11-/m0/s1. The molecule has 1 aliphatic rings. The van der Waals surface area contributed by atoms with E-state index in [0.29, 0.717) is 29.0 Å². The molecule has 3 rings (SSSR count). The lowest BCUT2D eigenvalue weighted by Crippen LogP contribution is -2.28. The largest absolute Gasteiger partial charge is 0.486 e. The van der Waals surface area contributed by atoms with Crippen molar-refractivity contribution in [2.24, 2.45) is 0 Å². The van der Waals surface area contributed by atoms with Gasteiger partial charge >= 0.3 is 0 Å². The van der Waals surface area contributed by atoms with E-state index < -0.39 is 0 Å². The molecule has 1 aliphatic heterocycles. The molecule has 0 aliphatic carbocycles. The van der Waals surface area contributed by atoms with Gasteiger partial charge in [0.05, 0.1) is 11.8 Å². The number of hydrogen-bond donors (Lipinski definition) is 1. The van der Waals surface area contributed by atoms with E-state index in [0.717, 1.165) is 22.0 Å². The molecule has 0 fully saturated rings. The average Bonchev–Trinajstić information content (AvgIpc) is 2.59. The lowest BCUT2D eigenvalue weighted by atomic mass is 10.1. The van der Waals surface area contributed by atoms with Crippen LogP contribution in [0.5, 0.6) is 11.5 Å². The summed E-state index contributed by atoms with van der Waals surface area (Å²) in [6, 6.07) is 10.7. The van der Waals surface area contributed by atoms with E-state index in [2.05, 4.69) is 5.32 Å². The molecule has 0 spiro atoms. The monoisotopic (exact) mass is 397 g/mol. The second kappa shape index (κ2) is 8.21. The van der Waals surface area contributed by atoms with Gasteiger partial charge < -0.3 is 14.8 Å². The SMILES string of the molecule is C[C@H](NC(=O)CSc1ccc2c(c1)OCCO2)c1ccc(Cl)cc1Cl. The van der Waals surface area contributed by atoms with Crippen LogP contribution in [0, 0.1) is 0 Å². The highest BCUT2D eigenvalue weighted by Gasteiger charge is 2.15. The van der Waals surface area contributed by atoms with Gasteiger partial charge in [-0.3, -0.25) is 4.79 Å². The first-order valence-corrected chi connectivity index (χ1v) is 9.54. The lowest BCUT2D eigenvalue weighted by Gasteiger charge is -2.19. The molecule has 2 aromatic rings. The van der Waals surface area contributed by atoms with Gasteiger partial charge in [-0.05, 0) is 42.8 Å². The molecular weight excluding hydrogens is 381 g/mol. The second-order valence-corrected chi connectivity index (χ2v) is 7.44. The van der Waals surface area contributed by atoms with Gasteiger partial charge in [-0.25, -0.2) is 0 Å². The predicted molar refractivity (Wildman–Crippen MR) is 101 cm³/mol. The van der Waals surface area contributed by atoms with Crippen molar-refractivity contribution in [1.29, 1.82) is 0 Å². The van der Waals surface area contributed by atoms with Crippen LogP contribution in [0.25, 0.3) is 0 Å². The summed E-state index contributed by atoms with van der Waals surface area (Å²) in [4.78, 5) is 13.2. The van der Waals surface area contributed by atoms with Crippen molar-refractivity contribution >= 4 is 40.9 Å². The van der Waals surface area contributed by atoms with Crippen molar-refractivity contribution in [1.82, 2.24) is 5.32 Å². The molecule has 0 saturated carbocycles. The molecule has 0 radical (unpaired) electrons. The zero-order valence-corrected chi connectivity index (χ0v) is 15.9. The molecule has 1 atom stereocenters. The number of carbonyl (C=O) groups excluding carboxylic acids is 1. The number of hydrogen-bond acceptors (Lipinski definition) is 4. The molecule has 132 valence electrons. The van der Waals surface area contributed by atoms with Crippen LogP contribution in [0.4, 0.5) is 0 Å². The van der Waals surface area contributed by atoms with E-state index >= 15 is 0 Å². The van der Waals surface area contributed by atoms with Gasteiger partial charge in [0, 0.05) is 14.9 Å². The topological polar surface area (TPSA) is 47.6 Å². The van der Waals surface area contributed by atoms with Crippen molar-refractivity contribution in [3.8, 4) is 11.5 Å². The van der Waals surface area contributed by atoms with E-state index in [1.165, 1.54) is 11.8 Å². The van der Waals surface area contributed by atoms with Gasteiger partial charge in [-0.15, -0.1) is 11.8 Å². The van der Waals surface area contributed by atoms with Crippen LogP contribution in [-0.4, -0.2) is 24.9 Å². The summed E-state index contributed by atoms with van der Waals surface area (Å²) in [7, 11) is 0.